The van der Waals surface area contributed by atoms with Gasteiger partial charge in [-0.25, -0.2) is 0 Å². The second kappa shape index (κ2) is 37.4. The largest absolute Gasteiger partial charge is 0.756 e. The molecular formula is C44H82NO7P. The van der Waals surface area contributed by atoms with Gasteiger partial charge in [-0.05, 0) is 70.6 Å². The maximum Gasteiger partial charge on any atom is 0.306 e. The Bertz CT molecular complexity index is 989. The average molecular weight is 768 g/mol. The van der Waals surface area contributed by atoms with Crippen molar-refractivity contribution in [3.05, 3.63) is 48.6 Å². The smallest absolute Gasteiger partial charge is 0.306 e. The molecular weight excluding hydrogens is 685 g/mol. The number of hydrogen-bond donors (Lipinski definition) is 0. The molecule has 0 spiro atoms. The third kappa shape index (κ3) is 41.5. The molecule has 0 saturated heterocycles. The summed E-state index contributed by atoms with van der Waals surface area (Å²) >= 11 is 0. The van der Waals surface area contributed by atoms with Crippen LogP contribution in [0, 0.1) is 0 Å². The minimum Gasteiger partial charge on any atom is -0.756 e. The number of carbonyl (C=O) groups is 1. The molecule has 0 aliphatic rings. The molecule has 0 saturated carbocycles. The van der Waals surface area contributed by atoms with E-state index in [1.807, 2.05) is 21.1 Å². The number of hydrogen-bond acceptors (Lipinski definition) is 7. The summed E-state index contributed by atoms with van der Waals surface area (Å²) in [5.41, 5.74) is 0. The molecule has 2 atom stereocenters. The lowest BCUT2D eigenvalue weighted by Crippen LogP contribution is -2.37. The highest BCUT2D eigenvalue weighted by Gasteiger charge is 2.20. The fourth-order valence-corrected chi connectivity index (χ4v) is 6.20. The topological polar surface area (TPSA) is 94.1 Å². The summed E-state index contributed by atoms with van der Waals surface area (Å²) in [7, 11) is 1.34. The van der Waals surface area contributed by atoms with E-state index >= 15 is 0 Å². The Morgan fingerprint density at radius 2 is 1.06 bits per heavy atom. The van der Waals surface area contributed by atoms with Crippen molar-refractivity contribution in [3.63, 3.8) is 0 Å². The van der Waals surface area contributed by atoms with E-state index in [1.165, 1.54) is 89.9 Å². The molecule has 310 valence electrons. The first-order valence-corrected chi connectivity index (χ1v) is 22.8. The summed E-state index contributed by atoms with van der Waals surface area (Å²) in [6.45, 7) is 5.31. The third-order valence-corrected chi connectivity index (χ3v) is 9.82. The summed E-state index contributed by atoms with van der Waals surface area (Å²) in [6.07, 6.45) is 44.0. The summed E-state index contributed by atoms with van der Waals surface area (Å²) in [5, 5.41) is 0. The van der Waals surface area contributed by atoms with Gasteiger partial charge < -0.3 is 27.9 Å². The number of phosphoric acid groups is 1. The van der Waals surface area contributed by atoms with E-state index in [0.29, 0.717) is 24.1 Å². The minimum absolute atomic E-state index is 0.0206. The van der Waals surface area contributed by atoms with E-state index in [-0.39, 0.29) is 25.8 Å². The molecule has 0 N–H and O–H groups in total. The van der Waals surface area contributed by atoms with Crippen molar-refractivity contribution in [1.29, 1.82) is 0 Å². The van der Waals surface area contributed by atoms with Crippen molar-refractivity contribution in [1.82, 2.24) is 0 Å². The first-order chi connectivity index (χ1) is 25.6. The standard InChI is InChI=1S/C44H82NO7P/c1-6-8-10-12-14-16-18-20-21-22-23-24-25-26-27-29-31-33-35-37-44(46)52-43(42-51-53(47,48)50-40-38-45(3,4)5)41-49-39-36-34-32-30-28-19-17-15-13-11-9-7-2/h13-16,20-21,23-24,43H,6-12,17-19,22,25-42H2,1-5H3/b15-13-,16-14-,21-20-,24-23-. The zero-order chi connectivity index (χ0) is 39.1. The minimum atomic E-state index is -4.53. The van der Waals surface area contributed by atoms with Gasteiger partial charge >= 0.3 is 5.97 Å². The van der Waals surface area contributed by atoms with Gasteiger partial charge in [0.1, 0.15) is 19.3 Å². The van der Waals surface area contributed by atoms with E-state index in [0.717, 1.165) is 57.8 Å². The Morgan fingerprint density at radius 1 is 0.585 bits per heavy atom. The lowest BCUT2D eigenvalue weighted by molar-refractivity contribution is -0.870. The van der Waals surface area contributed by atoms with Crippen molar-refractivity contribution < 1.29 is 37.3 Å². The lowest BCUT2D eigenvalue weighted by atomic mass is 10.1. The zero-order valence-corrected chi connectivity index (χ0v) is 35.8. The molecule has 0 amide bonds. The van der Waals surface area contributed by atoms with Crippen LogP contribution in [0.5, 0.6) is 0 Å². The van der Waals surface area contributed by atoms with Gasteiger partial charge in [0.25, 0.3) is 7.82 Å². The van der Waals surface area contributed by atoms with Crippen LogP contribution >= 0.6 is 7.82 Å². The number of allylic oxidation sites excluding steroid dienone is 8. The zero-order valence-electron chi connectivity index (χ0n) is 35.0. The van der Waals surface area contributed by atoms with Crippen LogP contribution in [0.2, 0.25) is 0 Å². The number of unbranched alkanes of at least 4 members (excludes halogenated alkanes) is 17. The summed E-state index contributed by atoms with van der Waals surface area (Å²) in [4.78, 5) is 25.0. The monoisotopic (exact) mass is 768 g/mol. The maximum absolute atomic E-state index is 12.7. The van der Waals surface area contributed by atoms with Crippen molar-refractivity contribution in [2.75, 3.05) is 54.1 Å². The first kappa shape index (κ1) is 51.5. The van der Waals surface area contributed by atoms with Gasteiger partial charge in [-0.3, -0.25) is 9.36 Å². The number of rotatable bonds is 39. The van der Waals surface area contributed by atoms with Crippen LogP contribution in [0.25, 0.3) is 0 Å². The van der Waals surface area contributed by atoms with E-state index in [1.54, 1.807) is 0 Å². The Balaban J connectivity index is 4.27. The molecule has 0 bridgehead atoms. The Morgan fingerprint density at radius 3 is 1.62 bits per heavy atom. The van der Waals surface area contributed by atoms with Gasteiger partial charge in [0.15, 0.2) is 0 Å². The number of phosphoric ester groups is 1. The van der Waals surface area contributed by atoms with Gasteiger partial charge in [0.2, 0.25) is 0 Å². The second-order valence-electron chi connectivity index (χ2n) is 15.3. The fraction of sp³-hybridized carbons (Fsp3) is 0.795. The van der Waals surface area contributed by atoms with Gasteiger partial charge in [-0.1, -0.05) is 140 Å². The molecule has 53 heavy (non-hydrogen) atoms. The number of likely N-dealkylation sites (N-methyl/N-ethyl adjacent to an activating group) is 1. The maximum atomic E-state index is 12.7. The number of carbonyl (C=O) groups excluding carboxylic acids is 1. The molecule has 0 aliphatic carbocycles. The number of nitrogens with zero attached hydrogens (tertiary/aromatic N) is 1. The highest BCUT2D eigenvalue weighted by molar-refractivity contribution is 7.45. The van der Waals surface area contributed by atoms with Crippen LogP contribution in [0.1, 0.15) is 168 Å². The van der Waals surface area contributed by atoms with Gasteiger partial charge in [0, 0.05) is 13.0 Å². The summed E-state index contributed by atoms with van der Waals surface area (Å²) in [6, 6.07) is 0. The Hall–Kier alpha value is -1.54. The predicted molar refractivity (Wildman–Crippen MR) is 222 cm³/mol. The number of quaternary nitrogens is 1. The molecule has 0 fully saturated rings. The molecule has 0 aromatic heterocycles. The van der Waals surface area contributed by atoms with E-state index in [9.17, 15) is 14.3 Å². The first-order valence-electron chi connectivity index (χ1n) is 21.4. The van der Waals surface area contributed by atoms with Gasteiger partial charge in [-0.2, -0.15) is 0 Å². The van der Waals surface area contributed by atoms with Crippen LogP contribution in [0.3, 0.4) is 0 Å². The molecule has 0 rings (SSSR count). The fourth-order valence-electron chi connectivity index (χ4n) is 5.47. The van der Waals surface area contributed by atoms with Gasteiger partial charge in [0.05, 0.1) is 34.4 Å². The Labute approximate surface area is 327 Å². The highest BCUT2D eigenvalue weighted by Crippen LogP contribution is 2.38. The normalized spacial score (nSPS) is 14.3. The van der Waals surface area contributed by atoms with Crippen molar-refractivity contribution in [2.45, 2.75) is 174 Å². The molecule has 9 heteroatoms. The molecule has 0 heterocycles. The predicted octanol–water partition coefficient (Wildman–Crippen LogP) is 11.7. The van der Waals surface area contributed by atoms with Crippen LogP contribution in [-0.4, -0.2) is 70.7 Å². The van der Waals surface area contributed by atoms with Crippen LogP contribution in [-0.2, 0) is 27.9 Å². The molecule has 8 nitrogen and oxygen atoms in total. The summed E-state index contributed by atoms with van der Waals surface area (Å²) < 4.78 is 34.5. The SMILES string of the molecule is CCCC/C=C\CCCCCCCCOCC(COP(=O)([O-])OCC[N+](C)(C)C)OC(=O)CCCCCCCC/C=C\C/C=C\C/C=C\CCCCC. The van der Waals surface area contributed by atoms with Crippen LogP contribution in [0.15, 0.2) is 48.6 Å². The molecule has 0 aromatic rings. The van der Waals surface area contributed by atoms with E-state index in [4.69, 9.17) is 18.5 Å². The Kier molecular flexibility index (Phi) is 36.3. The van der Waals surface area contributed by atoms with E-state index < -0.39 is 13.9 Å². The third-order valence-electron chi connectivity index (χ3n) is 8.85. The van der Waals surface area contributed by atoms with Gasteiger partial charge in [-0.15, -0.1) is 0 Å². The van der Waals surface area contributed by atoms with Crippen LogP contribution in [0.4, 0.5) is 0 Å². The summed E-state index contributed by atoms with van der Waals surface area (Å²) in [5.74, 6) is -0.351. The highest BCUT2D eigenvalue weighted by atomic mass is 31.2. The molecule has 0 radical (unpaired) electrons. The second-order valence-corrected chi connectivity index (χ2v) is 16.8. The van der Waals surface area contributed by atoms with Crippen molar-refractivity contribution in [2.24, 2.45) is 0 Å². The van der Waals surface area contributed by atoms with Crippen molar-refractivity contribution in [3.8, 4) is 0 Å². The number of esters is 1. The molecule has 0 aromatic carbocycles. The van der Waals surface area contributed by atoms with Crippen molar-refractivity contribution >= 4 is 13.8 Å². The van der Waals surface area contributed by atoms with E-state index in [2.05, 4.69) is 62.5 Å². The molecule has 2 unspecified atom stereocenters. The van der Waals surface area contributed by atoms with Crippen LogP contribution < -0.4 is 4.89 Å². The average Bonchev–Trinajstić information content (AvgIpc) is 3.11. The quantitative estimate of drug-likeness (QED) is 0.0202. The lowest BCUT2D eigenvalue weighted by Gasteiger charge is -2.28. The number of ether oxygens (including phenoxy) is 2. The molecule has 0 aliphatic heterocycles.